The summed E-state index contributed by atoms with van der Waals surface area (Å²) < 4.78 is 7.61. The van der Waals surface area contributed by atoms with Crippen molar-refractivity contribution in [1.29, 1.82) is 0 Å². The molecule has 118 valence electrons. The molecule has 0 bridgehead atoms. The monoisotopic (exact) mass is 375 g/mol. The minimum Gasteiger partial charge on any atom is -0.467 e. The van der Waals surface area contributed by atoms with Gasteiger partial charge in [0.25, 0.3) is 5.91 Å². The number of rotatable bonds is 5. The van der Waals surface area contributed by atoms with E-state index in [0.717, 1.165) is 10.0 Å². The van der Waals surface area contributed by atoms with Crippen molar-refractivity contribution in [3.63, 3.8) is 0 Å². The Morgan fingerprint density at radius 1 is 1.35 bits per heavy atom. The van der Waals surface area contributed by atoms with Crippen LogP contribution < -0.4 is 11.1 Å². The summed E-state index contributed by atoms with van der Waals surface area (Å²) in [4.78, 5) is 12.1. The number of aromatic nitrogens is 3. The molecule has 0 fully saturated rings. The molecule has 1 aromatic carbocycles. The van der Waals surface area contributed by atoms with Crippen LogP contribution in [0.3, 0.4) is 0 Å². The summed E-state index contributed by atoms with van der Waals surface area (Å²) in [7, 11) is 0. The summed E-state index contributed by atoms with van der Waals surface area (Å²) in [5.74, 6) is 0.486. The maximum Gasteiger partial charge on any atom is 0.276 e. The Morgan fingerprint density at radius 3 is 2.96 bits per heavy atom. The number of hydrogen-bond donors (Lipinski definition) is 2. The lowest BCUT2D eigenvalue weighted by Crippen LogP contribution is -2.24. The van der Waals surface area contributed by atoms with Gasteiger partial charge in [-0.15, -0.1) is 5.10 Å². The molecule has 0 aliphatic rings. The number of halogens is 1. The number of hydrogen-bond acceptors (Lipinski definition) is 5. The average molecular weight is 376 g/mol. The van der Waals surface area contributed by atoms with Crippen LogP contribution in [-0.4, -0.2) is 20.9 Å². The first-order chi connectivity index (χ1) is 11.1. The summed E-state index contributed by atoms with van der Waals surface area (Å²) in [6, 6.07) is 11.3. The zero-order valence-corrected chi connectivity index (χ0v) is 13.7. The fourth-order valence-corrected chi connectivity index (χ4v) is 2.52. The number of amides is 1. The number of carbonyl (C=O) groups is 1. The molecule has 23 heavy (non-hydrogen) atoms. The normalized spacial score (nSPS) is 10.7. The molecule has 0 spiro atoms. The Bertz CT molecular complexity index is 813. The van der Waals surface area contributed by atoms with Gasteiger partial charge in [-0.25, -0.2) is 4.68 Å². The molecule has 0 aliphatic carbocycles. The molecule has 0 unspecified atom stereocenters. The molecule has 7 nitrogen and oxygen atoms in total. The molecule has 3 N–H and O–H groups in total. The smallest absolute Gasteiger partial charge is 0.276 e. The number of nitrogen functional groups attached to an aromatic ring is 1. The molecule has 0 radical (unpaired) electrons. The lowest BCUT2D eigenvalue weighted by Gasteiger charge is -2.05. The first-order valence-corrected chi connectivity index (χ1v) is 7.67. The van der Waals surface area contributed by atoms with Gasteiger partial charge in [-0.3, -0.25) is 4.79 Å². The van der Waals surface area contributed by atoms with E-state index in [-0.39, 0.29) is 24.0 Å². The zero-order chi connectivity index (χ0) is 16.2. The maximum absolute atomic E-state index is 12.1. The molecule has 0 saturated heterocycles. The van der Waals surface area contributed by atoms with E-state index in [4.69, 9.17) is 10.2 Å². The Hall–Kier alpha value is -2.61. The molecule has 1 amide bonds. The summed E-state index contributed by atoms with van der Waals surface area (Å²) >= 11 is 3.41. The fraction of sp³-hybridized carbons (Fsp3) is 0.133. The van der Waals surface area contributed by atoms with Gasteiger partial charge in [-0.05, 0) is 29.8 Å². The van der Waals surface area contributed by atoms with Crippen molar-refractivity contribution in [1.82, 2.24) is 20.3 Å². The highest BCUT2D eigenvalue weighted by Gasteiger charge is 2.17. The van der Waals surface area contributed by atoms with E-state index in [1.54, 1.807) is 18.4 Å². The zero-order valence-electron chi connectivity index (χ0n) is 12.1. The maximum atomic E-state index is 12.1. The molecule has 3 aromatic rings. The summed E-state index contributed by atoms with van der Waals surface area (Å²) in [6.07, 6.45) is 1.55. The Balaban J connectivity index is 1.69. The van der Waals surface area contributed by atoms with Gasteiger partial charge in [0, 0.05) is 4.47 Å². The third-order valence-electron chi connectivity index (χ3n) is 3.21. The van der Waals surface area contributed by atoms with Crippen LogP contribution in [0.4, 0.5) is 5.82 Å². The predicted molar refractivity (Wildman–Crippen MR) is 87.6 cm³/mol. The first kappa shape index (κ1) is 15.3. The van der Waals surface area contributed by atoms with E-state index in [1.807, 2.05) is 24.3 Å². The van der Waals surface area contributed by atoms with Crippen LogP contribution in [0, 0.1) is 0 Å². The molecule has 2 aromatic heterocycles. The second-order valence-electron chi connectivity index (χ2n) is 4.87. The number of furan rings is 1. The number of nitrogens with one attached hydrogen (secondary N) is 1. The lowest BCUT2D eigenvalue weighted by molar-refractivity contribution is 0.0944. The predicted octanol–water partition coefficient (Wildman–Crippen LogP) is 2.19. The van der Waals surface area contributed by atoms with E-state index in [2.05, 4.69) is 31.6 Å². The van der Waals surface area contributed by atoms with E-state index >= 15 is 0 Å². The van der Waals surface area contributed by atoms with Crippen LogP contribution in [0.15, 0.2) is 51.6 Å². The second kappa shape index (κ2) is 6.66. The molecule has 0 aliphatic heterocycles. The van der Waals surface area contributed by atoms with Gasteiger partial charge in [-0.1, -0.05) is 33.3 Å². The third-order valence-corrected chi connectivity index (χ3v) is 3.71. The summed E-state index contributed by atoms with van der Waals surface area (Å²) in [5, 5.41) is 10.5. The quantitative estimate of drug-likeness (QED) is 0.711. The third kappa shape index (κ3) is 3.59. The van der Waals surface area contributed by atoms with Crippen molar-refractivity contribution < 1.29 is 9.21 Å². The van der Waals surface area contributed by atoms with Gasteiger partial charge in [0.15, 0.2) is 11.5 Å². The Labute approximate surface area is 140 Å². The Morgan fingerprint density at radius 2 is 2.22 bits per heavy atom. The van der Waals surface area contributed by atoms with Crippen LogP contribution >= 0.6 is 15.9 Å². The second-order valence-corrected chi connectivity index (χ2v) is 5.79. The number of nitrogens with two attached hydrogens (primary N) is 1. The largest absolute Gasteiger partial charge is 0.467 e. The molecule has 3 rings (SSSR count). The highest BCUT2D eigenvalue weighted by Crippen LogP contribution is 2.15. The van der Waals surface area contributed by atoms with Gasteiger partial charge < -0.3 is 15.5 Å². The molecule has 0 saturated carbocycles. The highest BCUT2D eigenvalue weighted by molar-refractivity contribution is 9.10. The first-order valence-electron chi connectivity index (χ1n) is 6.87. The molecule has 2 heterocycles. The van der Waals surface area contributed by atoms with Gasteiger partial charge in [-0.2, -0.15) is 0 Å². The van der Waals surface area contributed by atoms with Crippen molar-refractivity contribution in [2.45, 2.75) is 13.1 Å². The number of benzene rings is 1. The van der Waals surface area contributed by atoms with Crippen molar-refractivity contribution >= 4 is 27.7 Å². The van der Waals surface area contributed by atoms with E-state index in [0.29, 0.717) is 12.3 Å². The van der Waals surface area contributed by atoms with Crippen molar-refractivity contribution in [3.8, 4) is 0 Å². The van der Waals surface area contributed by atoms with Crippen molar-refractivity contribution in [2.24, 2.45) is 0 Å². The molecule has 8 heteroatoms. The number of carbonyl (C=O) groups excluding carboxylic acids is 1. The molecular formula is C15H14BrN5O2. The number of anilines is 1. The Kier molecular flexibility index (Phi) is 4.42. The van der Waals surface area contributed by atoms with Gasteiger partial charge in [0.05, 0.1) is 19.4 Å². The van der Waals surface area contributed by atoms with Gasteiger partial charge in [0.2, 0.25) is 0 Å². The van der Waals surface area contributed by atoms with Crippen LogP contribution in [0.5, 0.6) is 0 Å². The van der Waals surface area contributed by atoms with Crippen LogP contribution in [0.2, 0.25) is 0 Å². The average Bonchev–Trinajstić information content (AvgIpc) is 3.16. The van der Waals surface area contributed by atoms with Crippen molar-refractivity contribution in [3.05, 3.63) is 64.2 Å². The lowest BCUT2D eigenvalue weighted by atomic mass is 10.2. The van der Waals surface area contributed by atoms with Gasteiger partial charge in [0.1, 0.15) is 5.76 Å². The van der Waals surface area contributed by atoms with Crippen LogP contribution in [0.1, 0.15) is 21.8 Å². The number of nitrogens with zero attached hydrogens (tertiary/aromatic N) is 3. The minimum atomic E-state index is -0.389. The molecule has 0 atom stereocenters. The summed E-state index contributed by atoms with van der Waals surface area (Å²) in [6.45, 7) is 0.702. The SMILES string of the molecule is Nc1c(C(=O)NCc2ccco2)nnn1Cc1cccc(Br)c1. The van der Waals surface area contributed by atoms with Crippen LogP contribution in [0.25, 0.3) is 0 Å². The highest BCUT2D eigenvalue weighted by atomic mass is 79.9. The summed E-state index contributed by atoms with van der Waals surface area (Å²) in [5.41, 5.74) is 7.08. The fourth-order valence-electron chi connectivity index (χ4n) is 2.07. The minimum absolute atomic E-state index is 0.103. The van der Waals surface area contributed by atoms with E-state index in [1.165, 1.54) is 4.68 Å². The van der Waals surface area contributed by atoms with E-state index < -0.39 is 0 Å². The van der Waals surface area contributed by atoms with Crippen molar-refractivity contribution in [2.75, 3.05) is 5.73 Å². The topological polar surface area (TPSA) is 99.0 Å². The van der Waals surface area contributed by atoms with E-state index in [9.17, 15) is 4.79 Å². The molecular weight excluding hydrogens is 362 g/mol. The standard InChI is InChI=1S/C15H14BrN5O2/c16-11-4-1-3-10(7-11)9-21-14(17)13(19-20-21)15(22)18-8-12-5-2-6-23-12/h1-7H,8-9,17H2,(H,18,22). The van der Waals surface area contributed by atoms with Gasteiger partial charge >= 0.3 is 0 Å². The van der Waals surface area contributed by atoms with Crippen LogP contribution in [-0.2, 0) is 13.1 Å².